The number of amides is 1. The number of halogens is 1. The van der Waals surface area contributed by atoms with Crippen molar-refractivity contribution in [2.24, 2.45) is 0 Å². The number of nitrogens with one attached hydrogen (secondary N) is 1. The van der Waals surface area contributed by atoms with Crippen LogP contribution in [0.25, 0.3) is 0 Å². The summed E-state index contributed by atoms with van der Waals surface area (Å²) in [4.78, 5) is 22.6. The van der Waals surface area contributed by atoms with Crippen molar-refractivity contribution in [3.8, 4) is 0 Å². The molecular formula is C13H14FNO3. The lowest BCUT2D eigenvalue weighted by atomic mass is 10.1. The van der Waals surface area contributed by atoms with Gasteiger partial charge < -0.3 is 10.1 Å². The monoisotopic (exact) mass is 251 g/mol. The summed E-state index contributed by atoms with van der Waals surface area (Å²) in [5.74, 6) is -1.06. The Balaban J connectivity index is 1.93. The topological polar surface area (TPSA) is 55.4 Å². The Morgan fingerprint density at radius 2 is 2.28 bits per heavy atom. The molecule has 1 aromatic rings. The Labute approximate surface area is 104 Å². The Hall–Kier alpha value is -1.91. The zero-order valence-corrected chi connectivity index (χ0v) is 10.0. The molecule has 0 aliphatic carbocycles. The molecule has 1 amide bonds. The summed E-state index contributed by atoms with van der Waals surface area (Å²) < 4.78 is 18.2. The fourth-order valence-electron chi connectivity index (χ4n) is 1.92. The van der Waals surface area contributed by atoms with Gasteiger partial charge in [-0.15, -0.1) is 0 Å². The number of hydrogen-bond acceptors (Lipinski definition) is 3. The molecule has 18 heavy (non-hydrogen) atoms. The van der Waals surface area contributed by atoms with Gasteiger partial charge in [0.1, 0.15) is 12.4 Å². The van der Waals surface area contributed by atoms with Crippen LogP contribution in [-0.2, 0) is 9.53 Å². The Kier molecular flexibility index (Phi) is 3.60. The number of hydrogen-bond donors (Lipinski definition) is 1. The zero-order chi connectivity index (χ0) is 13.1. The predicted octanol–water partition coefficient (Wildman–Crippen LogP) is 1.57. The molecule has 2 rings (SSSR count). The van der Waals surface area contributed by atoms with E-state index in [-0.39, 0.29) is 24.1 Å². The number of aryl methyl sites for hydroxylation is 1. The van der Waals surface area contributed by atoms with Gasteiger partial charge in [0.25, 0.3) is 0 Å². The lowest BCUT2D eigenvalue weighted by molar-refractivity contribution is -0.119. The molecule has 1 aliphatic heterocycles. The lowest BCUT2D eigenvalue weighted by Crippen LogP contribution is -2.30. The molecule has 1 aliphatic rings. The largest absolute Gasteiger partial charge is 0.460 e. The summed E-state index contributed by atoms with van der Waals surface area (Å²) in [5, 5.41) is 2.69. The van der Waals surface area contributed by atoms with E-state index in [1.807, 2.05) is 0 Å². The van der Waals surface area contributed by atoms with Crippen molar-refractivity contribution in [2.45, 2.75) is 25.8 Å². The third kappa shape index (κ3) is 3.06. The van der Waals surface area contributed by atoms with Crippen LogP contribution in [0.1, 0.15) is 28.8 Å². The van der Waals surface area contributed by atoms with Gasteiger partial charge in [-0.3, -0.25) is 4.79 Å². The number of esters is 1. The van der Waals surface area contributed by atoms with Crippen molar-refractivity contribution in [1.82, 2.24) is 5.32 Å². The van der Waals surface area contributed by atoms with E-state index in [4.69, 9.17) is 4.74 Å². The van der Waals surface area contributed by atoms with Crippen LogP contribution in [0, 0.1) is 12.7 Å². The molecule has 1 heterocycles. The molecular weight excluding hydrogens is 237 g/mol. The lowest BCUT2D eigenvalue weighted by Gasteiger charge is -2.11. The van der Waals surface area contributed by atoms with Crippen LogP contribution >= 0.6 is 0 Å². The molecule has 1 atom stereocenters. The average Bonchev–Trinajstić information content (AvgIpc) is 2.70. The first-order valence-electron chi connectivity index (χ1n) is 5.78. The third-order valence-electron chi connectivity index (χ3n) is 2.78. The van der Waals surface area contributed by atoms with Crippen LogP contribution in [0.3, 0.4) is 0 Å². The molecule has 96 valence electrons. The van der Waals surface area contributed by atoms with Crippen LogP contribution in [0.2, 0.25) is 0 Å². The quantitative estimate of drug-likeness (QED) is 0.830. The molecule has 1 N–H and O–H groups in total. The van der Waals surface area contributed by atoms with Gasteiger partial charge in [0.15, 0.2) is 0 Å². The molecule has 0 spiro atoms. The molecule has 0 aromatic heterocycles. The Bertz CT molecular complexity index is 467. The Morgan fingerprint density at radius 1 is 1.50 bits per heavy atom. The highest BCUT2D eigenvalue weighted by atomic mass is 19.1. The standard InChI is InChI=1S/C13H14FNO3/c1-8-4-9(6-10(14)5-8)13(17)18-7-11-2-3-12(16)15-11/h4-6,11H,2-3,7H2,1H3,(H,15,16). The van der Waals surface area contributed by atoms with Gasteiger partial charge in [-0.2, -0.15) is 0 Å². The van der Waals surface area contributed by atoms with Gasteiger partial charge in [0.05, 0.1) is 11.6 Å². The summed E-state index contributed by atoms with van der Waals surface area (Å²) in [6, 6.07) is 3.92. The molecule has 5 heteroatoms. The van der Waals surface area contributed by atoms with Crippen LogP contribution in [0.5, 0.6) is 0 Å². The molecule has 0 radical (unpaired) electrons. The van der Waals surface area contributed by atoms with Crippen LogP contribution in [0.4, 0.5) is 4.39 Å². The number of benzene rings is 1. The summed E-state index contributed by atoms with van der Waals surface area (Å²) in [7, 11) is 0. The van der Waals surface area contributed by atoms with Crippen molar-refractivity contribution in [1.29, 1.82) is 0 Å². The molecule has 1 unspecified atom stereocenters. The third-order valence-corrected chi connectivity index (χ3v) is 2.78. The van der Waals surface area contributed by atoms with E-state index in [0.717, 1.165) is 6.07 Å². The van der Waals surface area contributed by atoms with E-state index in [1.54, 1.807) is 13.0 Å². The maximum atomic E-state index is 13.1. The Morgan fingerprint density at radius 3 is 2.89 bits per heavy atom. The molecule has 1 saturated heterocycles. The van der Waals surface area contributed by atoms with E-state index < -0.39 is 11.8 Å². The first-order valence-corrected chi connectivity index (χ1v) is 5.78. The maximum Gasteiger partial charge on any atom is 0.338 e. The zero-order valence-electron chi connectivity index (χ0n) is 10.0. The average molecular weight is 251 g/mol. The van der Waals surface area contributed by atoms with Crippen LogP contribution in [0.15, 0.2) is 18.2 Å². The first kappa shape index (κ1) is 12.5. The highest BCUT2D eigenvalue weighted by Gasteiger charge is 2.22. The van der Waals surface area contributed by atoms with Crippen LogP contribution in [-0.4, -0.2) is 24.5 Å². The van der Waals surface area contributed by atoms with E-state index in [9.17, 15) is 14.0 Å². The van der Waals surface area contributed by atoms with E-state index in [1.165, 1.54) is 6.07 Å². The summed E-state index contributed by atoms with van der Waals surface area (Å²) in [5.41, 5.74) is 0.855. The minimum atomic E-state index is -0.571. The van der Waals surface area contributed by atoms with Gasteiger partial charge in [0, 0.05) is 6.42 Å². The maximum absolute atomic E-state index is 13.1. The summed E-state index contributed by atoms with van der Waals surface area (Å²) >= 11 is 0. The SMILES string of the molecule is Cc1cc(F)cc(C(=O)OCC2CCC(=O)N2)c1. The fraction of sp³-hybridized carbons (Fsp3) is 0.385. The molecule has 0 saturated carbocycles. The van der Waals surface area contributed by atoms with Crippen molar-refractivity contribution >= 4 is 11.9 Å². The molecule has 4 nitrogen and oxygen atoms in total. The number of carbonyl (C=O) groups excluding carboxylic acids is 2. The second-order valence-electron chi connectivity index (χ2n) is 4.42. The molecule has 1 aromatic carbocycles. The summed E-state index contributed by atoms with van der Waals surface area (Å²) in [6.07, 6.45) is 1.12. The predicted molar refractivity (Wildman–Crippen MR) is 62.6 cm³/mol. The fourth-order valence-corrected chi connectivity index (χ4v) is 1.92. The van der Waals surface area contributed by atoms with Gasteiger partial charge in [-0.25, -0.2) is 9.18 Å². The highest BCUT2D eigenvalue weighted by molar-refractivity contribution is 5.89. The first-order chi connectivity index (χ1) is 8.54. The second-order valence-corrected chi connectivity index (χ2v) is 4.42. The second kappa shape index (κ2) is 5.16. The molecule has 1 fully saturated rings. The van der Waals surface area contributed by atoms with E-state index in [2.05, 4.69) is 5.32 Å². The van der Waals surface area contributed by atoms with Gasteiger partial charge >= 0.3 is 5.97 Å². The number of carbonyl (C=O) groups is 2. The van der Waals surface area contributed by atoms with Crippen LogP contribution < -0.4 is 5.32 Å². The summed E-state index contributed by atoms with van der Waals surface area (Å²) in [6.45, 7) is 1.83. The molecule has 0 bridgehead atoms. The number of ether oxygens (including phenoxy) is 1. The van der Waals surface area contributed by atoms with Crippen molar-refractivity contribution in [2.75, 3.05) is 6.61 Å². The van der Waals surface area contributed by atoms with Gasteiger partial charge in [-0.1, -0.05) is 0 Å². The van der Waals surface area contributed by atoms with Crippen molar-refractivity contribution in [3.63, 3.8) is 0 Å². The smallest absolute Gasteiger partial charge is 0.338 e. The van der Waals surface area contributed by atoms with Crippen molar-refractivity contribution in [3.05, 3.63) is 35.1 Å². The normalized spacial score (nSPS) is 18.6. The number of rotatable bonds is 3. The minimum absolute atomic E-state index is 0.0300. The minimum Gasteiger partial charge on any atom is -0.460 e. The van der Waals surface area contributed by atoms with Gasteiger partial charge in [0.2, 0.25) is 5.91 Å². The van der Waals surface area contributed by atoms with E-state index in [0.29, 0.717) is 18.4 Å². The van der Waals surface area contributed by atoms with Crippen molar-refractivity contribution < 1.29 is 18.7 Å². The highest BCUT2D eigenvalue weighted by Crippen LogP contribution is 2.11. The van der Waals surface area contributed by atoms with Gasteiger partial charge in [-0.05, 0) is 37.1 Å². The van der Waals surface area contributed by atoms with E-state index >= 15 is 0 Å².